The molecular weight excluding hydrogens is 168 g/mol. The third-order valence-corrected chi connectivity index (χ3v) is 4.12. The normalized spacial score (nSPS) is 37.3. The molecule has 0 aromatic rings. The van der Waals surface area contributed by atoms with Gasteiger partial charge in [-0.3, -0.25) is 0 Å². The van der Waals surface area contributed by atoms with Crippen LogP contribution in [-0.2, 0) is 0 Å². The molecule has 0 radical (unpaired) electrons. The highest BCUT2D eigenvalue weighted by atomic mass is 14.4. The zero-order chi connectivity index (χ0) is 10.1. The van der Waals surface area contributed by atoms with Gasteiger partial charge in [-0.05, 0) is 57.3 Å². The van der Waals surface area contributed by atoms with Gasteiger partial charge in [0.15, 0.2) is 0 Å². The van der Waals surface area contributed by atoms with Crippen molar-refractivity contribution in [3.8, 4) is 0 Å². The van der Waals surface area contributed by atoms with Crippen LogP contribution in [-0.4, -0.2) is 0 Å². The Hall–Kier alpha value is -0.520. The fourth-order valence-corrected chi connectivity index (χ4v) is 3.30. The van der Waals surface area contributed by atoms with Gasteiger partial charge in [0.1, 0.15) is 0 Å². The van der Waals surface area contributed by atoms with E-state index in [2.05, 4.69) is 26.5 Å². The summed E-state index contributed by atoms with van der Waals surface area (Å²) in [4.78, 5) is 0. The molecule has 2 rings (SSSR count). The summed E-state index contributed by atoms with van der Waals surface area (Å²) < 4.78 is 0. The van der Waals surface area contributed by atoms with E-state index in [1.807, 2.05) is 0 Å². The first-order valence-electron chi connectivity index (χ1n) is 6.01. The predicted molar refractivity (Wildman–Crippen MR) is 62.1 cm³/mol. The van der Waals surface area contributed by atoms with E-state index in [0.717, 1.165) is 17.8 Å². The van der Waals surface area contributed by atoms with Crippen molar-refractivity contribution in [3.63, 3.8) is 0 Å². The van der Waals surface area contributed by atoms with Crippen molar-refractivity contribution in [2.75, 3.05) is 0 Å². The van der Waals surface area contributed by atoms with Crippen LogP contribution in [0.4, 0.5) is 0 Å². The van der Waals surface area contributed by atoms with Crippen molar-refractivity contribution >= 4 is 0 Å². The zero-order valence-electron chi connectivity index (χ0n) is 9.55. The quantitative estimate of drug-likeness (QED) is 0.540. The van der Waals surface area contributed by atoms with Crippen LogP contribution in [0.5, 0.6) is 0 Å². The molecule has 0 aromatic heterocycles. The van der Waals surface area contributed by atoms with Crippen LogP contribution in [0.25, 0.3) is 0 Å². The molecule has 78 valence electrons. The standard InChI is InChI=1S/C14H22/c1-10(2)13-6-4-5-12-8-7-11(3)9-14(12)13/h9,12-14H,1,4-8H2,2-3H3/t12-,13+,14+/m1/s1. The van der Waals surface area contributed by atoms with Gasteiger partial charge in [0, 0.05) is 0 Å². The second-order valence-electron chi connectivity index (χ2n) is 5.27. The van der Waals surface area contributed by atoms with Crippen molar-refractivity contribution < 1.29 is 0 Å². The van der Waals surface area contributed by atoms with Crippen molar-refractivity contribution in [2.45, 2.75) is 46.0 Å². The van der Waals surface area contributed by atoms with Crippen LogP contribution in [0.3, 0.4) is 0 Å². The van der Waals surface area contributed by atoms with Gasteiger partial charge in [-0.15, -0.1) is 0 Å². The van der Waals surface area contributed by atoms with Crippen molar-refractivity contribution in [3.05, 3.63) is 23.8 Å². The highest BCUT2D eigenvalue weighted by Crippen LogP contribution is 2.44. The molecule has 3 atom stereocenters. The number of rotatable bonds is 1. The van der Waals surface area contributed by atoms with E-state index in [-0.39, 0.29) is 0 Å². The molecule has 0 aromatic carbocycles. The zero-order valence-corrected chi connectivity index (χ0v) is 9.55. The average Bonchev–Trinajstić information content (AvgIpc) is 2.16. The molecule has 0 bridgehead atoms. The van der Waals surface area contributed by atoms with E-state index in [0.29, 0.717) is 0 Å². The van der Waals surface area contributed by atoms with E-state index >= 15 is 0 Å². The Labute approximate surface area is 88.1 Å². The van der Waals surface area contributed by atoms with Crippen LogP contribution in [0.2, 0.25) is 0 Å². The Morgan fingerprint density at radius 1 is 1.36 bits per heavy atom. The first kappa shape index (κ1) is 10.0. The van der Waals surface area contributed by atoms with Crippen LogP contribution in [0.1, 0.15) is 46.0 Å². The molecule has 1 fully saturated rings. The Bertz CT molecular complexity index is 259. The van der Waals surface area contributed by atoms with E-state index in [1.165, 1.54) is 37.7 Å². The maximum atomic E-state index is 4.17. The molecule has 0 saturated heterocycles. The van der Waals surface area contributed by atoms with Crippen LogP contribution < -0.4 is 0 Å². The SMILES string of the molecule is C=C(C)[C@@H]1CCC[C@@H]2CCC(C)=C[C@@H]21. The van der Waals surface area contributed by atoms with Gasteiger partial charge in [0.25, 0.3) is 0 Å². The third kappa shape index (κ3) is 1.80. The summed E-state index contributed by atoms with van der Waals surface area (Å²) in [5, 5.41) is 0. The summed E-state index contributed by atoms with van der Waals surface area (Å²) in [6.07, 6.45) is 9.57. The summed E-state index contributed by atoms with van der Waals surface area (Å²) in [6, 6.07) is 0. The monoisotopic (exact) mass is 190 g/mol. The first-order valence-corrected chi connectivity index (χ1v) is 6.01. The Morgan fingerprint density at radius 3 is 2.86 bits per heavy atom. The molecule has 2 aliphatic carbocycles. The highest BCUT2D eigenvalue weighted by Gasteiger charge is 2.33. The van der Waals surface area contributed by atoms with Crippen LogP contribution in [0.15, 0.2) is 23.8 Å². The summed E-state index contributed by atoms with van der Waals surface area (Å²) in [5.74, 6) is 2.58. The lowest BCUT2D eigenvalue weighted by atomic mass is 9.65. The van der Waals surface area contributed by atoms with Gasteiger partial charge in [0.2, 0.25) is 0 Å². The van der Waals surface area contributed by atoms with E-state index < -0.39 is 0 Å². The molecule has 0 nitrogen and oxygen atoms in total. The number of allylic oxidation sites excluding steroid dienone is 3. The minimum absolute atomic E-state index is 0.781. The molecule has 0 heteroatoms. The maximum absolute atomic E-state index is 4.17. The van der Waals surface area contributed by atoms with Crippen molar-refractivity contribution in [2.24, 2.45) is 17.8 Å². The van der Waals surface area contributed by atoms with E-state index in [9.17, 15) is 0 Å². The first-order chi connectivity index (χ1) is 6.68. The van der Waals surface area contributed by atoms with E-state index in [4.69, 9.17) is 0 Å². The summed E-state index contributed by atoms with van der Waals surface area (Å²) in [7, 11) is 0. The van der Waals surface area contributed by atoms with Gasteiger partial charge in [-0.2, -0.15) is 0 Å². The Kier molecular flexibility index (Phi) is 2.80. The lowest BCUT2D eigenvalue weighted by molar-refractivity contribution is 0.199. The van der Waals surface area contributed by atoms with Gasteiger partial charge < -0.3 is 0 Å². The third-order valence-electron chi connectivity index (χ3n) is 4.12. The number of hydrogen-bond acceptors (Lipinski definition) is 0. The van der Waals surface area contributed by atoms with Crippen molar-refractivity contribution in [1.29, 1.82) is 0 Å². The second-order valence-corrected chi connectivity index (χ2v) is 5.27. The lowest BCUT2D eigenvalue weighted by Gasteiger charge is -2.40. The minimum Gasteiger partial charge on any atom is -0.0998 e. The maximum Gasteiger partial charge on any atom is -0.0137 e. The molecule has 0 amide bonds. The molecule has 0 unspecified atom stereocenters. The van der Waals surface area contributed by atoms with Gasteiger partial charge in [0.05, 0.1) is 0 Å². The van der Waals surface area contributed by atoms with Gasteiger partial charge in [-0.1, -0.05) is 30.2 Å². The predicted octanol–water partition coefficient (Wildman–Crippen LogP) is 4.34. The molecule has 2 aliphatic rings. The highest BCUT2D eigenvalue weighted by molar-refractivity contribution is 5.14. The fraction of sp³-hybridized carbons (Fsp3) is 0.714. The molecule has 0 N–H and O–H groups in total. The number of hydrogen-bond donors (Lipinski definition) is 0. The molecule has 14 heavy (non-hydrogen) atoms. The van der Waals surface area contributed by atoms with Crippen LogP contribution in [0, 0.1) is 17.8 Å². The smallest absolute Gasteiger partial charge is 0.0137 e. The largest absolute Gasteiger partial charge is 0.0998 e. The summed E-state index contributed by atoms with van der Waals surface area (Å²) >= 11 is 0. The molecule has 1 saturated carbocycles. The molecule has 0 aliphatic heterocycles. The summed E-state index contributed by atoms with van der Waals surface area (Å²) in [6.45, 7) is 8.67. The fourth-order valence-electron chi connectivity index (χ4n) is 3.30. The van der Waals surface area contributed by atoms with Gasteiger partial charge in [-0.25, -0.2) is 0 Å². The topological polar surface area (TPSA) is 0 Å². The minimum atomic E-state index is 0.781. The average molecular weight is 190 g/mol. The summed E-state index contributed by atoms with van der Waals surface area (Å²) in [5.41, 5.74) is 3.02. The molecule has 0 heterocycles. The lowest BCUT2D eigenvalue weighted by Crippen LogP contribution is -2.29. The van der Waals surface area contributed by atoms with E-state index in [1.54, 1.807) is 5.57 Å². The molecular formula is C14H22. The van der Waals surface area contributed by atoms with Crippen LogP contribution >= 0.6 is 0 Å². The second kappa shape index (κ2) is 3.92. The van der Waals surface area contributed by atoms with Gasteiger partial charge >= 0.3 is 0 Å². The number of fused-ring (bicyclic) bond motifs is 1. The Balaban J connectivity index is 2.19. The Morgan fingerprint density at radius 2 is 2.14 bits per heavy atom. The molecule has 0 spiro atoms. The van der Waals surface area contributed by atoms with Crippen molar-refractivity contribution in [1.82, 2.24) is 0 Å².